The molecule has 1 saturated heterocycles. The third-order valence-corrected chi connectivity index (χ3v) is 3.48. The van der Waals surface area contributed by atoms with E-state index in [1.54, 1.807) is 7.05 Å². The first-order valence-corrected chi connectivity index (χ1v) is 7.56. The van der Waals surface area contributed by atoms with Crippen molar-refractivity contribution >= 4 is 29.9 Å². The van der Waals surface area contributed by atoms with Crippen molar-refractivity contribution in [2.45, 2.75) is 45.3 Å². The zero-order chi connectivity index (χ0) is 15.9. The predicted octanol–water partition coefficient (Wildman–Crippen LogP) is 2.84. The summed E-state index contributed by atoms with van der Waals surface area (Å²) in [7, 11) is 1.58. The molecule has 22 heavy (non-hydrogen) atoms. The first-order valence-electron chi connectivity index (χ1n) is 7.56. The van der Waals surface area contributed by atoms with E-state index in [1.807, 2.05) is 0 Å². The average Bonchev–Trinajstić information content (AvgIpc) is 2.37. The van der Waals surface area contributed by atoms with Gasteiger partial charge in [-0.1, -0.05) is 13.8 Å². The lowest BCUT2D eigenvalue weighted by atomic mass is 10.0. The van der Waals surface area contributed by atoms with Crippen molar-refractivity contribution < 1.29 is 13.2 Å². The number of hydrogen-bond acceptors (Lipinski definition) is 2. The monoisotopic (exact) mass is 436 g/mol. The molecular weight excluding hydrogens is 408 g/mol. The molecule has 0 aromatic heterocycles. The largest absolute Gasteiger partial charge is 0.390 e. The molecule has 0 atom stereocenters. The van der Waals surface area contributed by atoms with Gasteiger partial charge in [-0.15, -0.1) is 24.0 Å². The van der Waals surface area contributed by atoms with Crippen molar-refractivity contribution in [2.75, 3.05) is 33.2 Å². The van der Waals surface area contributed by atoms with E-state index in [0.717, 1.165) is 32.5 Å². The third-order valence-electron chi connectivity index (χ3n) is 3.48. The van der Waals surface area contributed by atoms with Crippen LogP contribution in [0.4, 0.5) is 13.2 Å². The molecule has 1 aliphatic heterocycles. The lowest BCUT2D eigenvalue weighted by Gasteiger charge is -2.34. The van der Waals surface area contributed by atoms with Crippen LogP contribution in [0.2, 0.25) is 0 Å². The fourth-order valence-corrected chi connectivity index (χ4v) is 2.49. The van der Waals surface area contributed by atoms with E-state index in [4.69, 9.17) is 0 Å². The summed E-state index contributed by atoms with van der Waals surface area (Å²) in [4.78, 5) is 6.42. The molecule has 0 aromatic rings. The molecule has 0 aromatic carbocycles. The van der Waals surface area contributed by atoms with Crippen LogP contribution in [0, 0.1) is 5.92 Å². The fourth-order valence-electron chi connectivity index (χ4n) is 2.49. The van der Waals surface area contributed by atoms with Crippen molar-refractivity contribution in [1.29, 1.82) is 0 Å². The summed E-state index contributed by atoms with van der Waals surface area (Å²) in [6.45, 7) is 7.42. The smallest absolute Gasteiger partial charge is 0.356 e. The van der Waals surface area contributed by atoms with Crippen LogP contribution in [0.3, 0.4) is 0 Å². The normalized spacial score (nSPS) is 18.2. The van der Waals surface area contributed by atoms with Crippen molar-refractivity contribution in [3.63, 3.8) is 0 Å². The molecule has 0 spiro atoms. The highest BCUT2D eigenvalue weighted by Crippen LogP contribution is 2.18. The van der Waals surface area contributed by atoms with E-state index in [9.17, 15) is 13.2 Å². The topological polar surface area (TPSA) is 39.7 Å². The van der Waals surface area contributed by atoms with Crippen LogP contribution in [0.5, 0.6) is 0 Å². The molecule has 1 aliphatic rings. The van der Waals surface area contributed by atoms with Gasteiger partial charge in [0.25, 0.3) is 0 Å². The van der Waals surface area contributed by atoms with Gasteiger partial charge in [-0.3, -0.25) is 4.99 Å². The summed E-state index contributed by atoms with van der Waals surface area (Å²) in [5.41, 5.74) is 0. The van der Waals surface area contributed by atoms with Gasteiger partial charge in [-0.05, 0) is 18.8 Å². The van der Waals surface area contributed by atoms with Gasteiger partial charge in [-0.25, -0.2) is 0 Å². The highest BCUT2D eigenvalue weighted by Gasteiger charge is 2.26. The lowest BCUT2D eigenvalue weighted by Crippen LogP contribution is -2.49. The Bertz CT molecular complexity index is 327. The van der Waals surface area contributed by atoms with Crippen LogP contribution in [-0.2, 0) is 0 Å². The SMILES string of the molecule is CN=C(NCCC(F)(F)F)NC1CCN(CC(C)C)CC1.I. The number of piperidine rings is 1. The second kappa shape index (κ2) is 10.5. The molecule has 0 radical (unpaired) electrons. The van der Waals surface area contributed by atoms with E-state index in [-0.39, 0.29) is 36.6 Å². The molecule has 0 aliphatic carbocycles. The van der Waals surface area contributed by atoms with Gasteiger partial charge in [0.2, 0.25) is 0 Å². The van der Waals surface area contributed by atoms with Gasteiger partial charge >= 0.3 is 6.18 Å². The summed E-state index contributed by atoms with van der Waals surface area (Å²) in [6.07, 6.45) is -2.99. The standard InChI is InChI=1S/C14H27F3N4.HI/c1-11(2)10-21-8-4-12(5-9-21)20-13(18-3)19-7-6-14(15,16)17;/h11-12H,4-10H2,1-3H3,(H2,18,19,20);1H. The van der Waals surface area contributed by atoms with Gasteiger partial charge in [0.05, 0.1) is 6.42 Å². The fraction of sp³-hybridized carbons (Fsp3) is 0.929. The van der Waals surface area contributed by atoms with Crippen LogP contribution in [0.25, 0.3) is 0 Å². The highest BCUT2D eigenvalue weighted by molar-refractivity contribution is 14.0. The number of halogens is 4. The molecule has 0 amide bonds. The Kier molecular flexibility index (Phi) is 10.4. The molecule has 0 bridgehead atoms. The lowest BCUT2D eigenvalue weighted by molar-refractivity contribution is -0.132. The van der Waals surface area contributed by atoms with Gasteiger partial charge in [0.15, 0.2) is 5.96 Å². The molecule has 1 fully saturated rings. The zero-order valence-corrected chi connectivity index (χ0v) is 15.9. The number of rotatable bonds is 5. The summed E-state index contributed by atoms with van der Waals surface area (Å²) < 4.78 is 36.3. The highest BCUT2D eigenvalue weighted by atomic mass is 127. The second-order valence-electron chi connectivity index (χ2n) is 5.98. The Morgan fingerprint density at radius 3 is 2.32 bits per heavy atom. The van der Waals surface area contributed by atoms with Crippen LogP contribution >= 0.6 is 24.0 Å². The molecular formula is C14H28F3IN4. The first kappa shape index (κ1) is 21.8. The zero-order valence-electron chi connectivity index (χ0n) is 13.5. The molecule has 8 heteroatoms. The summed E-state index contributed by atoms with van der Waals surface area (Å²) in [5, 5.41) is 5.93. The number of aliphatic imine (C=N–C) groups is 1. The molecule has 132 valence electrons. The number of likely N-dealkylation sites (tertiary alicyclic amines) is 1. The Morgan fingerprint density at radius 2 is 1.86 bits per heavy atom. The minimum absolute atomic E-state index is 0. The molecule has 4 nitrogen and oxygen atoms in total. The Morgan fingerprint density at radius 1 is 1.27 bits per heavy atom. The molecule has 0 unspecified atom stereocenters. The molecule has 1 rings (SSSR count). The van der Waals surface area contributed by atoms with Crippen LogP contribution in [-0.4, -0.2) is 56.3 Å². The third kappa shape index (κ3) is 9.70. The Hall–Kier alpha value is -0.250. The molecule has 2 N–H and O–H groups in total. The summed E-state index contributed by atoms with van der Waals surface area (Å²) in [6, 6.07) is 0.283. The quantitative estimate of drug-likeness (QED) is 0.396. The number of hydrogen-bond donors (Lipinski definition) is 2. The molecule has 1 heterocycles. The van der Waals surface area contributed by atoms with E-state index < -0.39 is 12.6 Å². The van der Waals surface area contributed by atoms with Crippen LogP contribution in [0.15, 0.2) is 4.99 Å². The number of nitrogens with one attached hydrogen (secondary N) is 2. The van der Waals surface area contributed by atoms with Crippen LogP contribution in [0.1, 0.15) is 33.1 Å². The Labute approximate surface area is 148 Å². The maximum atomic E-state index is 12.1. The predicted molar refractivity (Wildman–Crippen MR) is 94.9 cm³/mol. The molecule has 0 saturated carbocycles. The maximum Gasteiger partial charge on any atom is 0.390 e. The van der Waals surface area contributed by atoms with Gasteiger partial charge < -0.3 is 15.5 Å². The number of guanidine groups is 1. The maximum absolute atomic E-state index is 12.1. The average molecular weight is 436 g/mol. The van der Waals surface area contributed by atoms with Crippen molar-refractivity contribution in [3.8, 4) is 0 Å². The van der Waals surface area contributed by atoms with Gasteiger partial charge in [-0.2, -0.15) is 13.2 Å². The van der Waals surface area contributed by atoms with Crippen LogP contribution < -0.4 is 10.6 Å². The summed E-state index contributed by atoms with van der Waals surface area (Å²) >= 11 is 0. The van der Waals surface area contributed by atoms with Gasteiger partial charge in [0.1, 0.15) is 0 Å². The summed E-state index contributed by atoms with van der Waals surface area (Å²) in [5.74, 6) is 1.12. The second-order valence-corrected chi connectivity index (χ2v) is 5.98. The van der Waals surface area contributed by atoms with Crippen molar-refractivity contribution in [2.24, 2.45) is 10.9 Å². The van der Waals surface area contributed by atoms with E-state index >= 15 is 0 Å². The number of nitrogens with zero attached hydrogens (tertiary/aromatic N) is 2. The van der Waals surface area contributed by atoms with E-state index in [2.05, 4.69) is 34.4 Å². The van der Waals surface area contributed by atoms with Gasteiger partial charge in [0, 0.05) is 39.3 Å². The number of alkyl halides is 3. The van der Waals surface area contributed by atoms with Crippen molar-refractivity contribution in [1.82, 2.24) is 15.5 Å². The van der Waals surface area contributed by atoms with E-state index in [0.29, 0.717) is 11.9 Å². The minimum atomic E-state index is -4.13. The van der Waals surface area contributed by atoms with E-state index in [1.165, 1.54) is 0 Å². The Balaban J connectivity index is 0.00000441. The minimum Gasteiger partial charge on any atom is -0.356 e. The van der Waals surface area contributed by atoms with Crippen molar-refractivity contribution in [3.05, 3.63) is 0 Å². The first-order chi connectivity index (χ1) is 9.80.